The maximum absolute atomic E-state index is 8.94. The van der Waals surface area contributed by atoms with Crippen LogP contribution in [0.2, 0.25) is 0 Å². The van der Waals surface area contributed by atoms with Crippen molar-refractivity contribution < 1.29 is 14.3 Å². The minimum Gasteiger partial charge on any atom is -0.496 e. The highest BCUT2D eigenvalue weighted by atomic mass is 16.5. The Morgan fingerprint density at radius 3 is 2.39 bits per heavy atom. The Kier molecular flexibility index (Phi) is 8.27. The smallest absolute Gasteiger partial charge is 0.221 e. The summed E-state index contributed by atoms with van der Waals surface area (Å²) in [7, 11) is 3.64. The van der Waals surface area contributed by atoms with Crippen LogP contribution in [0.5, 0.6) is 11.5 Å². The standard InChI is InChI=1S/C26H25NO2.CH4N2O/c1-18-7-6-9-25(27-2)24(18)17-29-22-14-13-19-15-21(12-11-20(19)16-22)23-8-4-5-10-26(23)28-3;2-3-1-4/h4-16,27H,17H2,1-3H3;1H,2H2,(H,3,4). The maximum atomic E-state index is 8.94. The SMILES string of the molecule is CNc1cccc(C)c1COc1ccc2cc(-c3ccccc3OC)ccc2c1.NNC=O. The van der Waals surface area contributed by atoms with Crippen LogP contribution in [-0.2, 0) is 11.4 Å². The Balaban J connectivity index is 0.000000709. The van der Waals surface area contributed by atoms with Crippen LogP contribution in [0.3, 0.4) is 0 Å². The number of para-hydroxylation sites is 1. The molecule has 0 atom stereocenters. The fraction of sp³-hybridized carbons (Fsp3) is 0.148. The zero-order valence-corrected chi connectivity index (χ0v) is 19.1. The van der Waals surface area contributed by atoms with Gasteiger partial charge in [0.15, 0.2) is 0 Å². The second-order valence-corrected chi connectivity index (χ2v) is 7.35. The first-order chi connectivity index (χ1) is 16.1. The van der Waals surface area contributed by atoms with Gasteiger partial charge in [0.1, 0.15) is 18.1 Å². The molecule has 0 aliphatic rings. The van der Waals surface area contributed by atoms with Crippen molar-refractivity contribution in [2.24, 2.45) is 5.84 Å². The van der Waals surface area contributed by atoms with E-state index in [0.717, 1.165) is 33.7 Å². The highest BCUT2D eigenvalue weighted by Crippen LogP contribution is 2.33. The number of anilines is 1. The molecule has 4 aromatic carbocycles. The number of methoxy groups -OCH3 is 1. The number of nitrogens with two attached hydrogens (primary N) is 1. The number of hydrogen-bond acceptors (Lipinski definition) is 5. The molecule has 0 heterocycles. The molecule has 0 radical (unpaired) electrons. The molecule has 6 heteroatoms. The lowest BCUT2D eigenvalue weighted by Crippen LogP contribution is -2.18. The molecular weight excluding hydrogens is 414 g/mol. The molecule has 4 N–H and O–H groups in total. The first kappa shape index (κ1) is 23.6. The van der Waals surface area contributed by atoms with Crippen molar-refractivity contribution in [2.45, 2.75) is 13.5 Å². The third-order valence-electron chi connectivity index (χ3n) is 5.36. The van der Waals surface area contributed by atoms with E-state index >= 15 is 0 Å². The summed E-state index contributed by atoms with van der Waals surface area (Å²) in [6.45, 7) is 2.65. The van der Waals surface area contributed by atoms with Crippen molar-refractivity contribution in [3.8, 4) is 22.6 Å². The molecule has 0 aromatic heterocycles. The molecule has 0 saturated carbocycles. The highest BCUT2D eigenvalue weighted by Gasteiger charge is 2.08. The van der Waals surface area contributed by atoms with Crippen LogP contribution in [0.25, 0.3) is 21.9 Å². The summed E-state index contributed by atoms with van der Waals surface area (Å²) in [6, 6.07) is 27.0. The predicted molar refractivity (Wildman–Crippen MR) is 134 cm³/mol. The normalized spacial score (nSPS) is 10.1. The number of rotatable bonds is 7. The Morgan fingerprint density at radius 1 is 0.939 bits per heavy atom. The number of benzene rings is 4. The average molecular weight is 444 g/mol. The summed E-state index contributed by atoms with van der Waals surface area (Å²) in [5.41, 5.74) is 7.49. The van der Waals surface area contributed by atoms with E-state index in [0.29, 0.717) is 13.0 Å². The number of fused-ring (bicyclic) bond motifs is 1. The van der Waals surface area contributed by atoms with E-state index < -0.39 is 0 Å². The first-order valence-electron chi connectivity index (χ1n) is 10.6. The lowest BCUT2D eigenvalue weighted by atomic mass is 10.0. The molecule has 170 valence electrons. The molecule has 0 unspecified atom stereocenters. The van der Waals surface area contributed by atoms with Crippen LogP contribution in [0, 0.1) is 6.92 Å². The second-order valence-electron chi connectivity index (χ2n) is 7.35. The molecule has 0 aliphatic carbocycles. The van der Waals surface area contributed by atoms with Crippen molar-refractivity contribution >= 4 is 22.9 Å². The van der Waals surface area contributed by atoms with Gasteiger partial charge in [-0.25, -0.2) is 5.84 Å². The van der Waals surface area contributed by atoms with Gasteiger partial charge in [0.2, 0.25) is 6.41 Å². The van der Waals surface area contributed by atoms with E-state index in [-0.39, 0.29) is 0 Å². The molecule has 0 aliphatic heterocycles. The molecule has 1 amide bonds. The quantitative estimate of drug-likeness (QED) is 0.161. The Bertz CT molecular complexity index is 1220. The minimum atomic E-state index is 0.403. The number of ether oxygens (including phenoxy) is 2. The van der Waals surface area contributed by atoms with Crippen molar-refractivity contribution in [1.82, 2.24) is 5.43 Å². The number of aryl methyl sites for hydroxylation is 1. The average Bonchev–Trinajstić information content (AvgIpc) is 2.87. The van der Waals surface area contributed by atoms with E-state index in [1.54, 1.807) is 12.5 Å². The van der Waals surface area contributed by atoms with Gasteiger partial charge in [-0.2, -0.15) is 0 Å². The molecule has 4 rings (SSSR count). The number of nitrogens with one attached hydrogen (secondary N) is 2. The molecule has 33 heavy (non-hydrogen) atoms. The van der Waals surface area contributed by atoms with Crippen LogP contribution >= 0.6 is 0 Å². The molecule has 0 bridgehead atoms. The van der Waals surface area contributed by atoms with Gasteiger partial charge in [-0.1, -0.05) is 48.5 Å². The molecular formula is C27H29N3O3. The summed E-state index contributed by atoms with van der Waals surface area (Å²) in [4.78, 5) is 8.94. The van der Waals surface area contributed by atoms with Crippen LogP contribution in [0.4, 0.5) is 5.69 Å². The zero-order chi connectivity index (χ0) is 23.6. The number of hydrogen-bond donors (Lipinski definition) is 3. The Hall–Kier alpha value is -4.03. The monoisotopic (exact) mass is 443 g/mol. The van der Waals surface area contributed by atoms with E-state index in [1.807, 2.05) is 31.3 Å². The fourth-order valence-electron chi connectivity index (χ4n) is 3.65. The van der Waals surface area contributed by atoms with E-state index in [1.165, 1.54) is 16.5 Å². The first-order valence-corrected chi connectivity index (χ1v) is 10.6. The highest BCUT2D eigenvalue weighted by molar-refractivity contribution is 5.89. The van der Waals surface area contributed by atoms with Gasteiger partial charge in [-0.3, -0.25) is 10.2 Å². The summed E-state index contributed by atoms with van der Waals surface area (Å²) in [5.74, 6) is 6.16. The van der Waals surface area contributed by atoms with Crippen molar-refractivity contribution in [1.29, 1.82) is 0 Å². The molecule has 0 saturated heterocycles. The van der Waals surface area contributed by atoms with E-state index in [4.69, 9.17) is 14.3 Å². The van der Waals surface area contributed by atoms with E-state index in [9.17, 15) is 0 Å². The summed E-state index contributed by atoms with van der Waals surface area (Å²) < 4.78 is 11.6. The van der Waals surface area contributed by atoms with Gasteiger partial charge < -0.3 is 14.8 Å². The van der Waals surface area contributed by atoms with E-state index in [2.05, 4.69) is 72.7 Å². The Labute approximate surface area is 194 Å². The van der Waals surface area contributed by atoms with Crippen molar-refractivity contribution in [3.63, 3.8) is 0 Å². The van der Waals surface area contributed by atoms with Gasteiger partial charge in [0.25, 0.3) is 0 Å². The van der Waals surface area contributed by atoms with Crippen LogP contribution < -0.4 is 26.1 Å². The third-order valence-corrected chi connectivity index (χ3v) is 5.36. The van der Waals surface area contributed by atoms with Crippen molar-refractivity contribution in [2.75, 3.05) is 19.5 Å². The summed E-state index contributed by atoms with van der Waals surface area (Å²) in [6.07, 6.45) is 0.403. The number of amides is 1. The minimum absolute atomic E-state index is 0.403. The summed E-state index contributed by atoms with van der Waals surface area (Å²) in [5, 5.41) is 5.57. The number of hydrazine groups is 1. The van der Waals surface area contributed by atoms with Gasteiger partial charge >= 0.3 is 0 Å². The maximum Gasteiger partial charge on any atom is 0.221 e. The molecule has 0 fully saturated rings. The lowest BCUT2D eigenvalue weighted by molar-refractivity contribution is -0.109. The third kappa shape index (κ3) is 5.81. The summed E-state index contributed by atoms with van der Waals surface area (Å²) >= 11 is 0. The van der Waals surface area contributed by atoms with Crippen molar-refractivity contribution in [3.05, 3.63) is 90.0 Å². The molecule has 4 aromatic rings. The zero-order valence-electron chi connectivity index (χ0n) is 19.1. The molecule has 6 nitrogen and oxygen atoms in total. The van der Waals surface area contributed by atoms with Gasteiger partial charge in [0.05, 0.1) is 7.11 Å². The lowest BCUT2D eigenvalue weighted by Gasteiger charge is -2.14. The van der Waals surface area contributed by atoms with Gasteiger partial charge in [-0.05, 0) is 59.2 Å². The number of carbonyl (C=O) groups excluding carboxylic acids is 1. The van der Waals surface area contributed by atoms with Crippen LogP contribution in [0.1, 0.15) is 11.1 Å². The molecule has 0 spiro atoms. The Morgan fingerprint density at radius 2 is 1.67 bits per heavy atom. The topological polar surface area (TPSA) is 85.6 Å². The fourth-order valence-corrected chi connectivity index (χ4v) is 3.65. The number of carbonyl (C=O) groups is 1. The van der Waals surface area contributed by atoms with Gasteiger partial charge in [-0.15, -0.1) is 0 Å². The van der Waals surface area contributed by atoms with Gasteiger partial charge in [0, 0.05) is 23.9 Å². The second kappa shape index (κ2) is 11.5. The van der Waals surface area contributed by atoms with Crippen LogP contribution in [0.15, 0.2) is 78.9 Å². The van der Waals surface area contributed by atoms with Crippen LogP contribution in [-0.4, -0.2) is 20.6 Å². The largest absolute Gasteiger partial charge is 0.496 e. The predicted octanol–water partition coefficient (Wildman–Crippen LogP) is 5.05.